The van der Waals surface area contributed by atoms with E-state index in [0.717, 1.165) is 29.6 Å². The van der Waals surface area contributed by atoms with Gasteiger partial charge in [-0.05, 0) is 44.9 Å². The summed E-state index contributed by atoms with van der Waals surface area (Å²) in [6.07, 6.45) is 3.06. The highest BCUT2D eigenvalue weighted by Gasteiger charge is 2.06. The number of hydrogen-bond donors (Lipinski definition) is 1. The molecule has 0 aliphatic carbocycles. The monoisotopic (exact) mass is 277 g/mol. The van der Waals surface area contributed by atoms with Crippen LogP contribution < -0.4 is 5.32 Å². The van der Waals surface area contributed by atoms with Gasteiger partial charge >= 0.3 is 0 Å². The first-order valence-corrected chi connectivity index (χ1v) is 6.97. The molecule has 0 saturated heterocycles. The maximum absolute atomic E-state index is 5.89. The standard InChI is InChI=1S/C15H20ClN3/c1-11(2)17-15-18-12(3)10-19(15)9-8-13-4-6-14(16)7-5-13/h4-7,10-11H,8-9H2,1-3H3,(H,17,18). The summed E-state index contributed by atoms with van der Waals surface area (Å²) in [6.45, 7) is 7.17. The molecular formula is C15H20ClN3. The quantitative estimate of drug-likeness (QED) is 0.898. The molecule has 1 aromatic carbocycles. The van der Waals surface area contributed by atoms with E-state index in [1.807, 2.05) is 19.1 Å². The van der Waals surface area contributed by atoms with Crippen molar-refractivity contribution in [3.05, 3.63) is 46.7 Å². The highest BCUT2D eigenvalue weighted by atomic mass is 35.5. The maximum atomic E-state index is 5.89. The van der Waals surface area contributed by atoms with E-state index in [0.29, 0.717) is 6.04 Å². The Morgan fingerprint density at radius 1 is 1.26 bits per heavy atom. The van der Waals surface area contributed by atoms with E-state index in [-0.39, 0.29) is 0 Å². The van der Waals surface area contributed by atoms with Crippen LogP contribution in [0.15, 0.2) is 30.5 Å². The van der Waals surface area contributed by atoms with Gasteiger partial charge in [-0.15, -0.1) is 0 Å². The summed E-state index contributed by atoms with van der Waals surface area (Å²) in [5.74, 6) is 0.946. The van der Waals surface area contributed by atoms with Crippen LogP contribution in [0.2, 0.25) is 5.02 Å². The molecule has 0 spiro atoms. The molecule has 0 fully saturated rings. The largest absolute Gasteiger partial charge is 0.353 e. The fourth-order valence-corrected chi connectivity index (χ4v) is 2.12. The molecule has 19 heavy (non-hydrogen) atoms. The second kappa shape index (κ2) is 6.11. The van der Waals surface area contributed by atoms with Crippen molar-refractivity contribution < 1.29 is 0 Å². The van der Waals surface area contributed by atoms with Gasteiger partial charge in [0.1, 0.15) is 0 Å². The molecule has 0 unspecified atom stereocenters. The Hall–Kier alpha value is -1.48. The molecule has 3 nitrogen and oxygen atoms in total. The average Bonchev–Trinajstić information content (AvgIpc) is 2.68. The maximum Gasteiger partial charge on any atom is 0.203 e. The fraction of sp³-hybridized carbons (Fsp3) is 0.400. The van der Waals surface area contributed by atoms with Crippen LogP contribution >= 0.6 is 11.6 Å². The van der Waals surface area contributed by atoms with E-state index >= 15 is 0 Å². The summed E-state index contributed by atoms with van der Waals surface area (Å²) in [5.41, 5.74) is 2.32. The van der Waals surface area contributed by atoms with Gasteiger partial charge in [0.2, 0.25) is 5.95 Å². The van der Waals surface area contributed by atoms with Crippen LogP contribution in [0.1, 0.15) is 25.1 Å². The lowest BCUT2D eigenvalue weighted by Gasteiger charge is -2.12. The molecule has 2 rings (SSSR count). The smallest absolute Gasteiger partial charge is 0.203 e. The Morgan fingerprint density at radius 2 is 1.95 bits per heavy atom. The molecule has 0 aliphatic rings. The molecule has 0 aliphatic heterocycles. The molecule has 0 radical (unpaired) electrons. The van der Waals surface area contributed by atoms with Gasteiger partial charge in [0.05, 0.1) is 5.69 Å². The van der Waals surface area contributed by atoms with Crippen molar-refractivity contribution in [3.63, 3.8) is 0 Å². The van der Waals surface area contributed by atoms with Gasteiger partial charge in [0.15, 0.2) is 0 Å². The predicted octanol–water partition coefficient (Wildman–Crippen LogP) is 3.91. The molecule has 102 valence electrons. The second-order valence-electron chi connectivity index (χ2n) is 5.07. The molecule has 0 saturated carbocycles. The summed E-state index contributed by atoms with van der Waals surface area (Å²) >= 11 is 5.89. The third kappa shape index (κ3) is 4.00. The highest BCUT2D eigenvalue weighted by molar-refractivity contribution is 6.30. The number of aromatic nitrogens is 2. The number of aryl methyl sites for hydroxylation is 3. The van der Waals surface area contributed by atoms with Crippen molar-refractivity contribution in [2.24, 2.45) is 0 Å². The van der Waals surface area contributed by atoms with E-state index < -0.39 is 0 Å². The molecule has 0 bridgehead atoms. The van der Waals surface area contributed by atoms with Gasteiger partial charge in [-0.2, -0.15) is 0 Å². The van der Waals surface area contributed by atoms with Gasteiger partial charge in [0, 0.05) is 23.8 Å². The number of benzene rings is 1. The highest BCUT2D eigenvalue weighted by Crippen LogP contribution is 2.13. The minimum atomic E-state index is 0.385. The lowest BCUT2D eigenvalue weighted by Crippen LogP contribution is -2.15. The molecule has 1 N–H and O–H groups in total. The third-order valence-corrected chi connectivity index (χ3v) is 3.12. The summed E-state index contributed by atoms with van der Waals surface area (Å²) in [6, 6.07) is 8.40. The van der Waals surface area contributed by atoms with Crippen molar-refractivity contribution in [1.82, 2.24) is 9.55 Å². The Bertz CT molecular complexity index is 529. The number of hydrogen-bond acceptors (Lipinski definition) is 2. The van der Waals surface area contributed by atoms with Crippen LogP contribution in [-0.4, -0.2) is 15.6 Å². The zero-order valence-corrected chi connectivity index (χ0v) is 12.4. The summed E-state index contributed by atoms with van der Waals surface area (Å²) in [4.78, 5) is 4.51. The SMILES string of the molecule is Cc1cn(CCc2ccc(Cl)cc2)c(NC(C)C)n1. The van der Waals surface area contributed by atoms with Crippen molar-refractivity contribution in [2.75, 3.05) is 5.32 Å². The van der Waals surface area contributed by atoms with Gasteiger partial charge in [-0.1, -0.05) is 23.7 Å². The molecule has 4 heteroatoms. The van der Waals surface area contributed by atoms with Crippen molar-refractivity contribution in [1.29, 1.82) is 0 Å². The molecule has 2 aromatic rings. The van der Waals surface area contributed by atoms with E-state index in [4.69, 9.17) is 11.6 Å². The topological polar surface area (TPSA) is 29.9 Å². The molecule has 0 atom stereocenters. The summed E-state index contributed by atoms with van der Waals surface area (Å²) < 4.78 is 2.17. The first kappa shape index (κ1) is 13.9. The molecule has 0 amide bonds. The van der Waals surface area contributed by atoms with Crippen LogP contribution in [0.5, 0.6) is 0 Å². The van der Waals surface area contributed by atoms with Crippen molar-refractivity contribution in [2.45, 2.75) is 39.8 Å². The predicted molar refractivity (Wildman–Crippen MR) is 80.9 cm³/mol. The molecule has 1 aromatic heterocycles. The average molecular weight is 278 g/mol. The Kier molecular flexibility index (Phi) is 4.48. The molecule has 1 heterocycles. The lowest BCUT2D eigenvalue weighted by molar-refractivity contribution is 0.691. The van der Waals surface area contributed by atoms with Crippen LogP contribution in [0.25, 0.3) is 0 Å². The summed E-state index contributed by atoms with van der Waals surface area (Å²) in [7, 11) is 0. The zero-order valence-electron chi connectivity index (χ0n) is 11.7. The first-order valence-electron chi connectivity index (χ1n) is 6.59. The van der Waals surface area contributed by atoms with Crippen LogP contribution in [0.4, 0.5) is 5.95 Å². The number of rotatable bonds is 5. The van der Waals surface area contributed by atoms with Gasteiger partial charge < -0.3 is 9.88 Å². The molecular weight excluding hydrogens is 258 g/mol. The number of halogens is 1. The summed E-state index contributed by atoms with van der Waals surface area (Å²) in [5, 5.41) is 4.15. The van der Waals surface area contributed by atoms with Crippen LogP contribution in [0.3, 0.4) is 0 Å². The Morgan fingerprint density at radius 3 is 2.58 bits per heavy atom. The number of nitrogens with zero attached hydrogens (tertiary/aromatic N) is 2. The lowest BCUT2D eigenvalue weighted by atomic mass is 10.1. The normalized spacial score (nSPS) is 11.0. The fourth-order valence-electron chi connectivity index (χ4n) is 1.99. The number of nitrogens with one attached hydrogen (secondary N) is 1. The van der Waals surface area contributed by atoms with E-state index in [1.165, 1.54) is 5.56 Å². The Labute approximate surface area is 119 Å². The van der Waals surface area contributed by atoms with Gasteiger partial charge in [-0.3, -0.25) is 0 Å². The number of imidazole rings is 1. The minimum Gasteiger partial charge on any atom is -0.353 e. The van der Waals surface area contributed by atoms with E-state index in [2.05, 4.69) is 47.0 Å². The van der Waals surface area contributed by atoms with E-state index in [9.17, 15) is 0 Å². The zero-order chi connectivity index (χ0) is 13.8. The first-order chi connectivity index (χ1) is 9.04. The third-order valence-electron chi connectivity index (χ3n) is 2.87. The van der Waals surface area contributed by atoms with Crippen LogP contribution in [0, 0.1) is 6.92 Å². The minimum absolute atomic E-state index is 0.385. The van der Waals surface area contributed by atoms with Gasteiger partial charge in [0.25, 0.3) is 0 Å². The number of anilines is 1. The Balaban J connectivity index is 2.04. The second-order valence-corrected chi connectivity index (χ2v) is 5.51. The van der Waals surface area contributed by atoms with Gasteiger partial charge in [-0.25, -0.2) is 4.98 Å². The van der Waals surface area contributed by atoms with E-state index in [1.54, 1.807) is 0 Å². The van der Waals surface area contributed by atoms with Crippen molar-refractivity contribution >= 4 is 17.5 Å². The van der Waals surface area contributed by atoms with Crippen molar-refractivity contribution in [3.8, 4) is 0 Å². The van der Waals surface area contributed by atoms with Crippen LogP contribution in [-0.2, 0) is 13.0 Å².